The van der Waals surface area contributed by atoms with Crippen molar-refractivity contribution in [1.82, 2.24) is 4.57 Å². The Balaban J connectivity index is 3.13. The van der Waals surface area contributed by atoms with Gasteiger partial charge in [-0.05, 0) is 25.5 Å². The smallest absolute Gasteiger partial charge is 0.352 e. The van der Waals surface area contributed by atoms with Crippen molar-refractivity contribution in [3.63, 3.8) is 0 Å². The number of carbonyl (C=O) groups is 1. The van der Waals surface area contributed by atoms with Gasteiger partial charge in [0.25, 0.3) is 0 Å². The van der Waals surface area contributed by atoms with E-state index in [0.29, 0.717) is 5.69 Å². The van der Waals surface area contributed by atoms with Crippen LogP contribution >= 0.6 is 0 Å². The monoisotopic (exact) mass is 167 g/mol. The summed E-state index contributed by atoms with van der Waals surface area (Å²) >= 11 is 0. The van der Waals surface area contributed by atoms with Gasteiger partial charge in [0.15, 0.2) is 0 Å². The van der Waals surface area contributed by atoms with Gasteiger partial charge < -0.3 is 9.67 Å². The summed E-state index contributed by atoms with van der Waals surface area (Å²) in [5, 5.41) is 8.78. The third kappa shape index (κ3) is 1.35. The zero-order valence-corrected chi connectivity index (χ0v) is 7.37. The molecule has 12 heavy (non-hydrogen) atoms. The summed E-state index contributed by atoms with van der Waals surface area (Å²) < 4.78 is 1.82. The SMILES string of the molecule is CCc1ccc(C(=O)O)n1CC. The van der Waals surface area contributed by atoms with Crippen LogP contribution in [0.4, 0.5) is 0 Å². The number of aromatic nitrogens is 1. The predicted molar refractivity (Wildman–Crippen MR) is 46.4 cm³/mol. The third-order valence-corrected chi connectivity index (χ3v) is 1.97. The van der Waals surface area contributed by atoms with Gasteiger partial charge in [0.1, 0.15) is 5.69 Å². The molecular weight excluding hydrogens is 154 g/mol. The van der Waals surface area contributed by atoms with Crippen LogP contribution in [-0.2, 0) is 13.0 Å². The molecule has 0 aromatic carbocycles. The lowest BCUT2D eigenvalue weighted by molar-refractivity contribution is 0.0685. The van der Waals surface area contributed by atoms with Gasteiger partial charge in [-0.15, -0.1) is 0 Å². The fraction of sp³-hybridized carbons (Fsp3) is 0.444. The lowest BCUT2D eigenvalue weighted by Crippen LogP contribution is -2.09. The van der Waals surface area contributed by atoms with Crippen LogP contribution in [0.25, 0.3) is 0 Å². The van der Waals surface area contributed by atoms with Crippen molar-refractivity contribution in [1.29, 1.82) is 0 Å². The van der Waals surface area contributed by atoms with E-state index in [2.05, 4.69) is 0 Å². The first-order valence-corrected chi connectivity index (χ1v) is 4.12. The van der Waals surface area contributed by atoms with Gasteiger partial charge in [0.2, 0.25) is 0 Å². The van der Waals surface area contributed by atoms with E-state index >= 15 is 0 Å². The highest BCUT2D eigenvalue weighted by Crippen LogP contribution is 2.09. The Kier molecular flexibility index (Phi) is 2.53. The number of nitrogens with zero attached hydrogens (tertiary/aromatic N) is 1. The Morgan fingerprint density at radius 3 is 2.58 bits per heavy atom. The van der Waals surface area contributed by atoms with Crippen LogP contribution < -0.4 is 0 Å². The van der Waals surface area contributed by atoms with Crippen molar-refractivity contribution < 1.29 is 9.90 Å². The molecule has 0 aliphatic heterocycles. The van der Waals surface area contributed by atoms with Crippen molar-refractivity contribution in [2.45, 2.75) is 26.8 Å². The fourth-order valence-electron chi connectivity index (χ4n) is 1.38. The second-order valence-corrected chi connectivity index (χ2v) is 2.61. The molecular formula is C9H13NO2. The molecule has 0 fully saturated rings. The zero-order valence-electron chi connectivity index (χ0n) is 7.37. The lowest BCUT2D eigenvalue weighted by Gasteiger charge is -2.05. The predicted octanol–water partition coefficient (Wildman–Crippen LogP) is 1.77. The average Bonchev–Trinajstić information content (AvgIpc) is 2.46. The summed E-state index contributed by atoms with van der Waals surface area (Å²) in [6, 6.07) is 3.53. The van der Waals surface area contributed by atoms with Crippen molar-refractivity contribution in [2.24, 2.45) is 0 Å². The maximum absolute atomic E-state index is 10.7. The Bertz CT molecular complexity index is 289. The topological polar surface area (TPSA) is 42.2 Å². The van der Waals surface area contributed by atoms with Crippen LogP contribution in [0.3, 0.4) is 0 Å². The molecule has 1 heterocycles. The number of carboxylic acid groups (broad SMARTS) is 1. The normalized spacial score (nSPS) is 10.2. The molecule has 66 valence electrons. The second kappa shape index (κ2) is 3.43. The highest BCUT2D eigenvalue weighted by atomic mass is 16.4. The Morgan fingerprint density at radius 1 is 1.50 bits per heavy atom. The van der Waals surface area contributed by atoms with Gasteiger partial charge in [-0.1, -0.05) is 6.92 Å². The van der Waals surface area contributed by atoms with Crippen LogP contribution in [0, 0.1) is 0 Å². The number of carboxylic acids is 1. The molecule has 3 nitrogen and oxygen atoms in total. The number of rotatable bonds is 3. The van der Waals surface area contributed by atoms with E-state index in [4.69, 9.17) is 5.11 Å². The quantitative estimate of drug-likeness (QED) is 0.745. The van der Waals surface area contributed by atoms with Gasteiger partial charge in [-0.25, -0.2) is 4.79 Å². The van der Waals surface area contributed by atoms with Gasteiger partial charge >= 0.3 is 5.97 Å². The van der Waals surface area contributed by atoms with Crippen LogP contribution in [0.1, 0.15) is 30.0 Å². The summed E-state index contributed by atoms with van der Waals surface area (Å²) in [4.78, 5) is 10.7. The first-order chi connectivity index (χ1) is 5.70. The zero-order chi connectivity index (χ0) is 9.14. The molecule has 0 saturated carbocycles. The second-order valence-electron chi connectivity index (χ2n) is 2.61. The molecule has 1 aromatic rings. The van der Waals surface area contributed by atoms with Crippen molar-refractivity contribution >= 4 is 5.97 Å². The number of hydrogen-bond donors (Lipinski definition) is 1. The summed E-state index contributed by atoms with van der Waals surface area (Å²) in [5.74, 6) is -0.850. The van der Waals surface area contributed by atoms with Crippen LogP contribution in [-0.4, -0.2) is 15.6 Å². The molecule has 0 aliphatic rings. The molecule has 0 amide bonds. The van der Waals surface area contributed by atoms with Gasteiger partial charge in [0.05, 0.1) is 0 Å². The average molecular weight is 167 g/mol. The maximum Gasteiger partial charge on any atom is 0.352 e. The highest BCUT2D eigenvalue weighted by Gasteiger charge is 2.10. The summed E-state index contributed by atoms with van der Waals surface area (Å²) in [6.45, 7) is 4.69. The molecule has 0 unspecified atom stereocenters. The summed E-state index contributed by atoms with van der Waals surface area (Å²) in [7, 11) is 0. The molecule has 1 N–H and O–H groups in total. The van der Waals surface area contributed by atoms with E-state index in [1.165, 1.54) is 0 Å². The molecule has 0 spiro atoms. The van der Waals surface area contributed by atoms with Crippen LogP contribution in [0.2, 0.25) is 0 Å². The van der Waals surface area contributed by atoms with Crippen LogP contribution in [0.5, 0.6) is 0 Å². The molecule has 0 saturated heterocycles. The van der Waals surface area contributed by atoms with E-state index in [0.717, 1.165) is 18.7 Å². The van der Waals surface area contributed by atoms with E-state index in [1.54, 1.807) is 6.07 Å². The lowest BCUT2D eigenvalue weighted by atomic mass is 10.3. The first kappa shape index (κ1) is 8.84. The van der Waals surface area contributed by atoms with E-state index < -0.39 is 5.97 Å². The third-order valence-electron chi connectivity index (χ3n) is 1.97. The van der Waals surface area contributed by atoms with Crippen LogP contribution in [0.15, 0.2) is 12.1 Å². The van der Waals surface area contributed by atoms with Crippen molar-refractivity contribution in [3.8, 4) is 0 Å². The van der Waals surface area contributed by atoms with Gasteiger partial charge in [-0.2, -0.15) is 0 Å². The van der Waals surface area contributed by atoms with Crippen molar-refractivity contribution in [2.75, 3.05) is 0 Å². The maximum atomic E-state index is 10.7. The highest BCUT2D eigenvalue weighted by molar-refractivity contribution is 5.86. The van der Waals surface area contributed by atoms with E-state index in [9.17, 15) is 4.79 Å². The minimum atomic E-state index is -0.850. The molecule has 1 aromatic heterocycles. The standard InChI is InChI=1S/C9H13NO2/c1-3-7-5-6-8(9(11)12)10(7)4-2/h5-6H,3-4H2,1-2H3,(H,11,12). The number of aryl methyl sites for hydroxylation is 1. The molecule has 1 rings (SSSR count). The Hall–Kier alpha value is -1.25. The molecule has 0 atom stereocenters. The summed E-state index contributed by atoms with van der Waals surface area (Å²) in [5.41, 5.74) is 1.46. The van der Waals surface area contributed by atoms with E-state index in [1.807, 2.05) is 24.5 Å². The minimum absolute atomic E-state index is 0.384. The van der Waals surface area contributed by atoms with E-state index in [-0.39, 0.29) is 0 Å². The van der Waals surface area contributed by atoms with Crippen molar-refractivity contribution in [3.05, 3.63) is 23.5 Å². The number of aromatic carboxylic acids is 1. The Morgan fingerprint density at radius 2 is 2.17 bits per heavy atom. The molecule has 3 heteroatoms. The Labute approximate surface area is 71.6 Å². The van der Waals surface area contributed by atoms with Gasteiger partial charge in [0, 0.05) is 12.2 Å². The number of hydrogen-bond acceptors (Lipinski definition) is 1. The first-order valence-electron chi connectivity index (χ1n) is 4.12. The minimum Gasteiger partial charge on any atom is -0.477 e. The van der Waals surface area contributed by atoms with Gasteiger partial charge in [-0.3, -0.25) is 0 Å². The largest absolute Gasteiger partial charge is 0.477 e. The molecule has 0 bridgehead atoms. The summed E-state index contributed by atoms with van der Waals surface area (Å²) in [6.07, 6.45) is 0.876. The fourth-order valence-corrected chi connectivity index (χ4v) is 1.38. The molecule has 0 aliphatic carbocycles. The molecule has 0 radical (unpaired) electrons.